The maximum atomic E-state index is 5.62. The lowest BCUT2D eigenvalue weighted by molar-refractivity contribution is -0.0174. The van der Waals surface area contributed by atoms with Gasteiger partial charge in [-0.1, -0.05) is 64.7 Å². The summed E-state index contributed by atoms with van der Waals surface area (Å²) < 4.78 is 37.9. The van der Waals surface area contributed by atoms with Gasteiger partial charge in [0.05, 0.1) is 79.3 Å². The lowest BCUT2D eigenvalue weighted by Crippen LogP contribution is -2.14. The van der Waals surface area contributed by atoms with Crippen LogP contribution in [0.4, 0.5) is 0 Å². The van der Waals surface area contributed by atoms with E-state index in [2.05, 4.69) is 6.92 Å². The van der Waals surface area contributed by atoms with Crippen LogP contribution in [-0.4, -0.2) is 92.0 Å². The number of ether oxygens (including phenoxy) is 7. The molecule has 1 rings (SSSR count). The molecular formula is C25H50O7. The van der Waals surface area contributed by atoms with Crippen LogP contribution in [-0.2, 0) is 33.2 Å². The van der Waals surface area contributed by atoms with E-state index >= 15 is 0 Å². The summed E-state index contributed by atoms with van der Waals surface area (Å²) in [5.74, 6) is 0. The third-order valence-electron chi connectivity index (χ3n) is 5.21. The Kier molecular flexibility index (Phi) is 23.6. The molecule has 7 nitrogen and oxygen atoms in total. The topological polar surface area (TPSA) is 67.9 Å². The van der Waals surface area contributed by atoms with Crippen molar-refractivity contribution in [1.29, 1.82) is 0 Å². The van der Waals surface area contributed by atoms with Crippen molar-refractivity contribution in [2.24, 2.45) is 0 Å². The van der Waals surface area contributed by atoms with E-state index in [-0.39, 0.29) is 0 Å². The molecule has 0 spiro atoms. The van der Waals surface area contributed by atoms with E-state index in [4.69, 9.17) is 33.2 Å². The van der Waals surface area contributed by atoms with Gasteiger partial charge < -0.3 is 33.2 Å². The predicted octanol–water partition coefficient (Wildman–Crippen LogP) is 4.41. The minimum Gasteiger partial charge on any atom is -0.379 e. The van der Waals surface area contributed by atoms with E-state index in [0.717, 1.165) is 19.6 Å². The van der Waals surface area contributed by atoms with E-state index in [1.807, 2.05) is 0 Å². The second-order valence-electron chi connectivity index (χ2n) is 8.27. The van der Waals surface area contributed by atoms with Gasteiger partial charge in [0.15, 0.2) is 0 Å². The Morgan fingerprint density at radius 1 is 0.469 bits per heavy atom. The van der Waals surface area contributed by atoms with Gasteiger partial charge in [-0.05, 0) is 6.42 Å². The maximum absolute atomic E-state index is 5.62. The fourth-order valence-corrected chi connectivity index (χ4v) is 3.17. The first kappa shape index (κ1) is 29.8. The van der Waals surface area contributed by atoms with Crippen LogP contribution in [0.5, 0.6) is 0 Å². The van der Waals surface area contributed by atoms with Crippen molar-refractivity contribution in [1.82, 2.24) is 0 Å². The van der Waals surface area contributed by atoms with Crippen molar-refractivity contribution in [2.45, 2.75) is 77.2 Å². The van der Waals surface area contributed by atoms with Crippen molar-refractivity contribution in [3.63, 3.8) is 0 Å². The van der Waals surface area contributed by atoms with Crippen molar-refractivity contribution in [3.8, 4) is 0 Å². The maximum Gasteiger partial charge on any atom is 0.104 e. The summed E-state index contributed by atoms with van der Waals surface area (Å²) in [6.07, 6.45) is 13.8. The summed E-state index contributed by atoms with van der Waals surface area (Å²) in [5, 5.41) is 0. The molecule has 192 valence electrons. The Bertz CT molecular complexity index is 353. The molecule has 0 N–H and O–H groups in total. The van der Waals surface area contributed by atoms with Gasteiger partial charge in [0, 0.05) is 6.61 Å². The monoisotopic (exact) mass is 462 g/mol. The first-order valence-electron chi connectivity index (χ1n) is 13.0. The molecule has 1 saturated heterocycles. The van der Waals surface area contributed by atoms with Crippen LogP contribution in [0.25, 0.3) is 0 Å². The zero-order valence-corrected chi connectivity index (χ0v) is 20.7. The average molecular weight is 463 g/mol. The van der Waals surface area contributed by atoms with E-state index in [1.165, 1.54) is 57.8 Å². The minimum atomic E-state index is 0.316. The van der Waals surface area contributed by atoms with Crippen LogP contribution in [0, 0.1) is 0 Å². The lowest BCUT2D eigenvalue weighted by Gasteiger charge is -2.08. The Balaban J connectivity index is 1.58. The van der Waals surface area contributed by atoms with E-state index in [0.29, 0.717) is 78.8 Å². The Morgan fingerprint density at radius 2 is 0.812 bits per heavy atom. The van der Waals surface area contributed by atoms with Gasteiger partial charge >= 0.3 is 0 Å². The summed E-state index contributed by atoms with van der Waals surface area (Å²) in [4.78, 5) is 0. The summed E-state index contributed by atoms with van der Waals surface area (Å²) in [5.41, 5.74) is 0. The normalized spacial score (nSPS) is 15.5. The molecule has 1 fully saturated rings. The Hall–Kier alpha value is -0.280. The molecular weight excluding hydrogens is 412 g/mol. The molecule has 1 unspecified atom stereocenters. The highest BCUT2D eigenvalue weighted by Crippen LogP contribution is 2.10. The van der Waals surface area contributed by atoms with Crippen molar-refractivity contribution in [3.05, 3.63) is 0 Å². The largest absolute Gasteiger partial charge is 0.379 e. The van der Waals surface area contributed by atoms with Crippen molar-refractivity contribution in [2.75, 3.05) is 85.9 Å². The molecule has 7 heteroatoms. The number of epoxide rings is 1. The third-order valence-corrected chi connectivity index (χ3v) is 5.21. The Morgan fingerprint density at radius 3 is 1.22 bits per heavy atom. The smallest absolute Gasteiger partial charge is 0.104 e. The van der Waals surface area contributed by atoms with Crippen LogP contribution >= 0.6 is 0 Å². The molecule has 0 radical (unpaired) electrons. The fourth-order valence-electron chi connectivity index (χ4n) is 3.17. The van der Waals surface area contributed by atoms with Crippen molar-refractivity contribution >= 4 is 0 Å². The molecule has 0 aromatic carbocycles. The highest BCUT2D eigenvalue weighted by molar-refractivity contribution is 4.66. The Labute approximate surface area is 196 Å². The van der Waals surface area contributed by atoms with Gasteiger partial charge in [0.2, 0.25) is 0 Å². The molecule has 1 aliphatic rings. The van der Waals surface area contributed by atoms with E-state index < -0.39 is 0 Å². The van der Waals surface area contributed by atoms with E-state index in [1.54, 1.807) is 0 Å². The molecule has 0 aromatic heterocycles. The number of hydrogen-bond donors (Lipinski definition) is 0. The van der Waals surface area contributed by atoms with Crippen LogP contribution in [0.3, 0.4) is 0 Å². The SMILES string of the molecule is CCCCCCCCCCCCOCCOCCOCCOCCOCCOCC1CO1. The number of unbranched alkanes of at least 4 members (excludes halogenated alkanes) is 9. The average Bonchev–Trinajstić information content (AvgIpc) is 3.63. The first-order valence-corrected chi connectivity index (χ1v) is 13.0. The standard InChI is InChI=1S/C25H50O7/c1-2-3-4-5-6-7-8-9-10-11-12-26-13-14-27-15-16-28-17-18-29-19-20-30-21-22-31-23-25-24-32-25/h25H,2-24H2,1H3. The van der Waals surface area contributed by atoms with Crippen LogP contribution in [0.1, 0.15) is 71.1 Å². The van der Waals surface area contributed by atoms with Crippen LogP contribution < -0.4 is 0 Å². The number of hydrogen-bond acceptors (Lipinski definition) is 7. The zero-order chi connectivity index (χ0) is 22.8. The zero-order valence-electron chi connectivity index (χ0n) is 20.7. The number of rotatable bonds is 28. The van der Waals surface area contributed by atoms with Gasteiger partial charge in [0.1, 0.15) is 6.10 Å². The summed E-state index contributed by atoms with van der Waals surface area (Å²) >= 11 is 0. The molecule has 0 saturated carbocycles. The van der Waals surface area contributed by atoms with Gasteiger partial charge in [-0.15, -0.1) is 0 Å². The summed E-state index contributed by atoms with van der Waals surface area (Å²) in [6, 6.07) is 0. The summed E-state index contributed by atoms with van der Waals surface area (Å²) in [6.45, 7) is 10.6. The quantitative estimate of drug-likeness (QED) is 0.126. The predicted molar refractivity (Wildman–Crippen MR) is 126 cm³/mol. The molecule has 0 aliphatic carbocycles. The van der Waals surface area contributed by atoms with E-state index in [9.17, 15) is 0 Å². The van der Waals surface area contributed by atoms with Crippen LogP contribution in [0.15, 0.2) is 0 Å². The highest BCUT2D eigenvalue weighted by atomic mass is 16.6. The minimum absolute atomic E-state index is 0.316. The van der Waals surface area contributed by atoms with Gasteiger partial charge in [-0.3, -0.25) is 0 Å². The van der Waals surface area contributed by atoms with Gasteiger partial charge in [0.25, 0.3) is 0 Å². The van der Waals surface area contributed by atoms with Gasteiger partial charge in [-0.2, -0.15) is 0 Å². The molecule has 1 heterocycles. The second kappa shape index (κ2) is 25.3. The molecule has 32 heavy (non-hydrogen) atoms. The van der Waals surface area contributed by atoms with Gasteiger partial charge in [-0.25, -0.2) is 0 Å². The lowest BCUT2D eigenvalue weighted by atomic mass is 10.1. The van der Waals surface area contributed by atoms with Crippen molar-refractivity contribution < 1.29 is 33.2 Å². The fraction of sp³-hybridized carbons (Fsp3) is 1.00. The highest BCUT2D eigenvalue weighted by Gasteiger charge is 2.21. The molecule has 0 aromatic rings. The van der Waals surface area contributed by atoms with Crippen LogP contribution in [0.2, 0.25) is 0 Å². The second-order valence-corrected chi connectivity index (χ2v) is 8.27. The molecule has 1 aliphatic heterocycles. The molecule has 0 amide bonds. The molecule has 0 bridgehead atoms. The first-order chi connectivity index (χ1) is 15.9. The molecule has 1 atom stereocenters. The summed E-state index contributed by atoms with van der Waals surface area (Å²) in [7, 11) is 0. The third kappa shape index (κ3) is 24.4.